The number of nitrogens with zero attached hydrogens (tertiary/aromatic N) is 2. The molecule has 1 spiro atoms. The van der Waals surface area contributed by atoms with Crippen molar-refractivity contribution in [3.05, 3.63) is 131 Å². The topological polar surface area (TPSA) is 99.2 Å². The second-order valence-electron chi connectivity index (χ2n) is 13.4. The number of phenols is 1. The number of likely N-dealkylation sites (tertiary alicyclic amines) is 1. The minimum Gasteiger partial charge on any atom is -0.508 e. The first-order valence-corrected chi connectivity index (χ1v) is 17.1. The molecule has 3 saturated heterocycles. The molecule has 4 aromatic carbocycles. The maximum Gasteiger partial charge on any atom is 0.324 e. The molecule has 48 heavy (non-hydrogen) atoms. The number of amides is 2. The highest BCUT2D eigenvalue weighted by atomic mass is 16.6. The van der Waals surface area contributed by atoms with Gasteiger partial charge in [0.2, 0.25) is 11.8 Å². The predicted octanol–water partition coefficient (Wildman–Crippen LogP) is 6.46. The van der Waals surface area contributed by atoms with Gasteiger partial charge >= 0.3 is 5.97 Å². The van der Waals surface area contributed by atoms with Gasteiger partial charge in [-0.1, -0.05) is 110 Å². The number of aromatic hydroxyl groups is 1. The average Bonchev–Trinajstić information content (AvgIpc) is 3.58. The molecule has 4 aromatic rings. The molecule has 6 atom stereocenters. The molecule has 2 amide bonds. The van der Waals surface area contributed by atoms with Crippen LogP contribution < -0.4 is 5.32 Å². The van der Waals surface area contributed by atoms with Gasteiger partial charge in [-0.2, -0.15) is 0 Å². The zero-order chi connectivity index (χ0) is 32.8. The van der Waals surface area contributed by atoms with Crippen LogP contribution in [0.3, 0.4) is 0 Å². The second-order valence-corrected chi connectivity index (χ2v) is 13.4. The summed E-state index contributed by atoms with van der Waals surface area (Å²) in [5.41, 5.74) is 2.34. The van der Waals surface area contributed by atoms with E-state index in [1.165, 1.54) is 0 Å². The van der Waals surface area contributed by atoms with Crippen molar-refractivity contribution < 1.29 is 24.2 Å². The zero-order valence-corrected chi connectivity index (χ0v) is 26.7. The lowest BCUT2D eigenvalue weighted by Crippen LogP contribution is -2.55. The Morgan fingerprint density at radius 3 is 2.00 bits per heavy atom. The van der Waals surface area contributed by atoms with Crippen LogP contribution in [0.5, 0.6) is 5.75 Å². The maximum absolute atomic E-state index is 15.3. The molecule has 0 bridgehead atoms. The molecule has 244 valence electrons. The number of cyclic esters (lactones) is 1. The molecule has 0 saturated carbocycles. The summed E-state index contributed by atoms with van der Waals surface area (Å²) in [5, 5.41) is 13.5. The first-order chi connectivity index (χ1) is 23.5. The third kappa shape index (κ3) is 4.72. The molecule has 0 aromatic heterocycles. The van der Waals surface area contributed by atoms with Gasteiger partial charge in [-0.15, -0.1) is 0 Å². The normalized spacial score (nSPS) is 28.6. The highest BCUT2D eigenvalue weighted by Crippen LogP contribution is 2.65. The molecule has 8 rings (SSSR count). The van der Waals surface area contributed by atoms with E-state index in [1.807, 2.05) is 102 Å². The number of hydrogen-bond donors (Lipinski definition) is 2. The predicted molar refractivity (Wildman–Crippen MR) is 181 cm³/mol. The lowest BCUT2D eigenvalue weighted by Gasteiger charge is -2.46. The van der Waals surface area contributed by atoms with Crippen LogP contribution in [0.1, 0.15) is 72.5 Å². The Balaban J connectivity index is 1.42. The van der Waals surface area contributed by atoms with E-state index in [1.54, 1.807) is 12.1 Å². The van der Waals surface area contributed by atoms with Gasteiger partial charge in [-0.3, -0.25) is 19.3 Å². The van der Waals surface area contributed by atoms with E-state index in [-0.39, 0.29) is 17.6 Å². The molecule has 0 radical (unpaired) electrons. The first kappa shape index (κ1) is 30.4. The van der Waals surface area contributed by atoms with Crippen molar-refractivity contribution in [1.29, 1.82) is 0 Å². The van der Waals surface area contributed by atoms with Crippen molar-refractivity contribution >= 4 is 23.5 Å². The average molecular weight is 642 g/mol. The molecule has 3 fully saturated rings. The lowest BCUT2D eigenvalue weighted by atomic mass is 9.65. The number of rotatable bonds is 4. The summed E-state index contributed by atoms with van der Waals surface area (Å²) < 4.78 is 6.47. The molecule has 8 heteroatoms. The van der Waals surface area contributed by atoms with Crippen LogP contribution in [-0.2, 0) is 24.5 Å². The number of phenolic OH excluding ortho intramolecular Hbond substituents is 1. The van der Waals surface area contributed by atoms with Crippen molar-refractivity contribution in [2.45, 2.75) is 61.7 Å². The zero-order valence-electron chi connectivity index (χ0n) is 26.7. The van der Waals surface area contributed by atoms with Crippen molar-refractivity contribution in [3.8, 4) is 5.75 Å². The van der Waals surface area contributed by atoms with E-state index in [0.717, 1.165) is 48.8 Å². The van der Waals surface area contributed by atoms with Gasteiger partial charge in [0, 0.05) is 18.8 Å². The largest absolute Gasteiger partial charge is 0.508 e. The number of hydrogen-bond acceptors (Lipinski definition) is 6. The van der Waals surface area contributed by atoms with Crippen LogP contribution in [0, 0.1) is 5.92 Å². The van der Waals surface area contributed by atoms with Crippen molar-refractivity contribution in [2.24, 2.45) is 5.92 Å². The van der Waals surface area contributed by atoms with Crippen LogP contribution in [-0.4, -0.2) is 51.8 Å². The monoisotopic (exact) mass is 641 g/mol. The SMILES string of the molecule is O=C1O[C@@H](c2ccccc2)[C@@H](c2ccccc2)N2[C@@H](c3ccc(O)cc3)[C@]3(C(=O)Nc4ccccc43)[C@@H](C(=O)N3CCCCCCC3)[C@H]12. The van der Waals surface area contributed by atoms with Gasteiger partial charge in [0.15, 0.2) is 0 Å². The summed E-state index contributed by atoms with van der Waals surface area (Å²) >= 11 is 0. The molecular formula is C40H39N3O5. The van der Waals surface area contributed by atoms with E-state index in [9.17, 15) is 14.7 Å². The van der Waals surface area contributed by atoms with Gasteiger partial charge in [-0.25, -0.2) is 0 Å². The minimum atomic E-state index is -1.46. The van der Waals surface area contributed by atoms with Crippen LogP contribution in [0.4, 0.5) is 5.69 Å². The summed E-state index contributed by atoms with van der Waals surface area (Å²) in [6.45, 7) is 1.16. The van der Waals surface area contributed by atoms with Crippen LogP contribution >= 0.6 is 0 Å². The number of fused-ring (bicyclic) bond motifs is 3. The molecule has 8 nitrogen and oxygen atoms in total. The summed E-state index contributed by atoms with van der Waals surface area (Å²) in [7, 11) is 0. The van der Waals surface area contributed by atoms with Gasteiger partial charge in [0.05, 0.1) is 18.0 Å². The fourth-order valence-electron chi connectivity index (χ4n) is 8.85. The minimum absolute atomic E-state index is 0.0895. The molecule has 0 unspecified atom stereocenters. The summed E-state index contributed by atoms with van der Waals surface area (Å²) in [5.74, 6) is -1.99. The fraction of sp³-hybridized carbons (Fsp3) is 0.325. The number of carbonyl (C=O) groups is 3. The molecule has 4 aliphatic heterocycles. The molecule has 2 N–H and O–H groups in total. The fourth-order valence-corrected chi connectivity index (χ4v) is 8.85. The highest BCUT2D eigenvalue weighted by Gasteiger charge is 2.74. The van der Waals surface area contributed by atoms with Crippen LogP contribution in [0.15, 0.2) is 109 Å². The van der Waals surface area contributed by atoms with E-state index in [0.29, 0.717) is 24.3 Å². The van der Waals surface area contributed by atoms with E-state index < -0.39 is 41.5 Å². The Kier molecular flexibility index (Phi) is 7.76. The third-order valence-corrected chi connectivity index (χ3v) is 10.9. The van der Waals surface area contributed by atoms with Gasteiger partial charge < -0.3 is 20.1 Å². The van der Waals surface area contributed by atoms with E-state index >= 15 is 4.79 Å². The number of carbonyl (C=O) groups excluding carboxylic acids is 3. The second kappa shape index (κ2) is 12.3. The quantitative estimate of drug-likeness (QED) is 0.249. The molecule has 4 heterocycles. The Bertz CT molecular complexity index is 1820. The lowest BCUT2D eigenvalue weighted by molar-refractivity contribution is -0.179. The van der Waals surface area contributed by atoms with Gasteiger partial charge in [0.1, 0.15) is 23.3 Å². The van der Waals surface area contributed by atoms with Crippen LogP contribution in [0.25, 0.3) is 0 Å². The Hall–Kier alpha value is -4.95. The Labute approximate surface area is 280 Å². The summed E-state index contributed by atoms with van der Waals surface area (Å²) in [4.78, 5) is 49.0. The Morgan fingerprint density at radius 2 is 1.31 bits per heavy atom. The van der Waals surface area contributed by atoms with E-state index in [2.05, 4.69) is 10.2 Å². The first-order valence-electron chi connectivity index (χ1n) is 17.1. The third-order valence-electron chi connectivity index (χ3n) is 10.9. The number of para-hydroxylation sites is 1. The molecule has 0 aliphatic carbocycles. The number of ether oxygens (including phenoxy) is 1. The van der Waals surface area contributed by atoms with Gasteiger partial charge in [0.25, 0.3) is 0 Å². The Morgan fingerprint density at radius 1 is 0.708 bits per heavy atom. The summed E-state index contributed by atoms with van der Waals surface area (Å²) in [6, 6.07) is 31.7. The highest BCUT2D eigenvalue weighted by molar-refractivity contribution is 6.12. The maximum atomic E-state index is 15.3. The van der Waals surface area contributed by atoms with Crippen molar-refractivity contribution in [2.75, 3.05) is 18.4 Å². The molecular weight excluding hydrogens is 602 g/mol. The number of nitrogens with one attached hydrogen (secondary N) is 1. The van der Waals surface area contributed by atoms with Crippen molar-refractivity contribution in [1.82, 2.24) is 9.80 Å². The standard InChI is InChI=1S/C40H39N3O5/c44-29-22-20-28(21-23-29)36-40(30-18-10-11-19-31(30)41-39(40)47)32(37(45)42-24-12-2-1-3-13-25-42)34-38(46)48-35(27-16-8-5-9-17-27)33(43(34)36)26-14-6-4-7-15-26/h4-11,14-23,32-36,44H,1-3,12-13,24-25H2,(H,41,47)/t32-,33-,34-,35+,36+,40-/m1/s1. The van der Waals surface area contributed by atoms with Crippen molar-refractivity contribution in [3.63, 3.8) is 0 Å². The number of benzene rings is 4. The van der Waals surface area contributed by atoms with E-state index in [4.69, 9.17) is 4.74 Å². The summed E-state index contributed by atoms with van der Waals surface area (Å²) in [6.07, 6.45) is 4.24. The number of morpholine rings is 1. The number of esters is 1. The number of anilines is 1. The smallest absolute Gasteiger partial charge is 0.324 e. The molecule has 4 aliphatic rings. The van der Waals surface area contributed by atoms with Crippen LogP contribution in [0.2, 0.25) is 0 Å². The van der Waals surface area contributed by atoms with Gasteiger partial charge in [-0.05, 0) is 53.3 Å².